The van der Waals surface area contributed by atoms with Gasteiger partial charge in [0.05, 0.1) is 18.8 Å². The van der Waals surface area contributed by atoms with Crippen molar-refractivity contribution in [1.82, 2.24) is 10.2 Å². The molecule has 2 heterocycles. The Kier molecular flexibility index (Phi) is 3.38. The molecule has 0 radical (unpaired) electrons. The number of nitrogens with zero attached hydrogens (tertiary/aromatic N) is 1. The molecule has 2 aliphatic heterocycles. The molecule has 2 fully saturated rings. The summed E-state index contributed by atoms with van der Waals surface area (Å²) in [5.41, 5.74) is 0. The molecule has 0 aromatic rings. The van der Waals surface area contributed by atoms with Crippen molar-refractivity contribution in [1.29, 1.82) is 0 Å². The Labute approximate surface area is 85.5 Å². The highest BCUT2D eigenvalue weighted by Gasteiger charge is 2.31. The van der Waals surface area contributed by atoms with E-state index < -0.39 is 0 Å². The topological polar surface area (TPSA) is 33.7 Å². The lowest BCUT2D eigenvalue weighted by Gasteiger charge is -2.42. The molecule has 1 N–H and O–H groups in total. The van der Waals surface area contributed by atoms with Crippen molar-refractivity contribution in [3.05, 3.63) is 0 Å². The van der Waals surface area contributed by atoms with Gasteiger partial charge in [-0.2, -0.15) is 0 Å². The van der Waals surface area contributed by atoms with Crippen LogP contribution in [0, 0.1) is 0 Å². The lowest BCUT2D eigenvalue weighted by atomic mass is 10.1. The number of hydrogen-bond donors (Lipinski definition) is 1. The molecule has 0 amide bonds. The average Bonchev–Trinajstić information content (AvgIpc) is 2.13. The second kappa shape index (κ2) is 4.57. The molecule has 0 aromatic heterocycles. The normalized spacial score (nSPS) is 35.6. The molecule has 0 aromatic carbocycles. The van der Waals surface area contributed by atoms with Crippen LogP contribution in [-0.4, -0.2) is 63.0 Å². The van der Waals surface area contributed by atoms with E-state index in [1.54, 1.807) is 7.11 Å². The highest BCUT2D eigenvalue weighted by molar-refractivity contribution is 4.87. The third-order valence-electron chi connectivity index (χ3n) is 3.17. The highest BCUT2D eigenvalue weighted by atomic mass is 16.5. The summed E-state index contributed by atoms with van der Waals surface area (Å²) in [6, 6.07) is 0.488. The monoisotopic (exact) mass is 200 g/mol. The molecule has 2 rings (SSSR count). The quantitative estimate of drug-likeness (QED) is 0.678. The van der Waals surface area contributed by atoms with E-state index in [0.29, 0.717) is 18.2 Å². The van der Waals surface area contributed by atoms with Gasteiger partial charge in [-0.1, -0.05) is 0 Å². The first-order chi connectivity index (χ1) is 6.79. The minimum Gasteiger partial charge on any atom is -0.379 e. The molecule has 2 saturated heterocycles. The third kappa shape index (κ3) is 2.25. The largest absolute Gasteiger partial charge is 0.379 e. The molecular formula is C10H20N2O2. The van der Waals surface area contributed by atoms with Crippen molar-refractivity contribution in [2.24, 2.45) is 0 Å². The Hall–Kier alpha value is -0.160. The highest BCUT2D eigenvalue weighted by Crippen LogP contribution is 2.13. The predicted molar refractivity (Wildman–Crippen MR) is 54.4 cm³/mol. The van der Waals surface area contributed by atoms with Crippen LogP contribution in [0.25, 0.3) is 0 Å². The molecule has 0 saturated carbocycles. The summed E-state index contributed by atoms with van der Waals surface area (Å²) in [4.78, 5) is 2.41. The van der Waals surface area contributed by atoms with Crippen LogP contribution in [0.2, 0.25) is 0 Å². The molecule has 4 nitrogen and oxygen atoms in total. The van der Waals surface area contributed by atoms with Gasteiger partial charge in [-0.15, -0.1) is 0 Å². The first kappa shape index (κ1) is 10.4. The Morgan fingerprint density at radius 2 is 2.29 bits per heavy atom. The number of methoxy groups -OCH3 is 1. The molecule has 82 valence electrons. The van der Waals surface area contributed by atoms with Crippen molar-refractivity contribution in [2.75, 3.05) is 39.9 Å². The van der Waals surface area contributed by atoms with Crippen LogP contribution in [-0.2, 0) is 9.47 Å². The van der Waals surface area contributed by atoms with Crippen molar-refractivity contribution in [2.45, 2.75) is 25.2 Å². The number of hydrogen-bond acceptors (Lipinski definition) is 4. The van der Waals surface area contributed by atoms with Crippen LogP contribution in [0.3, 0.4) is 0 Å². The van der Waals surface area contributed by atoms with E-state index >= 15 is 0 Å². The molecule has 0 bridgehead atoms. The van der Waals surface area contributed by atoms with Crippen molar-refractivity contribution >= 4 is 0 Å². The predicted octanol–water partition coefficient (Wildman–Crippen LogP) is -0.306. The van der Waals surface area contributed by atoms with Gasteiger partial charge in [-0.3, -0.25) is 4.90 Å². The summed E-state index contributed by atoms with van der Waals surface area (Å²) in [7, 11) is 1.78. The smallest absolute Gasteiger partial charge is 0.0824 e. The standard InChI is InChI=1S/C10H20N2O2/c1-8-10(11-3-4-14-8)7-12-5-9(6-12)13-2/h8-11H,3-7H2,1-2H3. The zero-order valence-electron chi connectivity index (χ0n) is 9.03. The Bertz CT molecular complexity index is 183. The van der Waals surface area contributed by atoms with Crippen LogP contribution in [0.15, 0.2) is 0 Å². The van der Waals surface area contributed by atoms with Gasteiger partial charge in [0.25, 0.3) is 0 Å². The molecule has 2 atom stereocenters. The SMILES string of the molecule is COC1CN(CC2NCCOC2C)C1. The first-order valence-corrected chi connectivity index (χ1v) is 5.39. The van der Waals surface area contributed by atoms with Crippen LogP contribution >= 0.6 is 0 Å². The summed E-state index contributed by atoms with van der Waals surface area (Å²) in [6.07, 6.45) is 0.792. The van der Waals surface area contributed by atoms with E-state index in [0.717, 1.165) is 32.8 Å². The van der Waals surface area contributed by atoms with E-state index in [2.05, 4.69) is 17.1 Å². The Morgan fingerprint density at radius 3 is 2.93 bits per heavy atom. The maximum atomic E-state index is 5.59. The van der Waals surface area contributed by atoms with Crippen LogP contribution < -0.4 is 5.32 Å². The number of morpholine rings is 1. The minimum atomic E-state index is 0.338. The second-order valence-corrected chi connectivity index (χ2v) is 4.21. The summed E-state index contributed by atoms with van der Waals surface area (Å²) in [6.45, 7) is 7.20. The zero-order chi connectivity index (χ0) is 9.97. The molecule has 2 aliphatic rings. The summed E-state index contributed by atoms with van der Waals surface area (Å²) in [5.74, 6) is 0. The minimum absolute atomic E-state index is 0.338. The van der Waals surface area contributed by atoms with E-state index in [1.807, 2.05) is 0 Å². The molecular weight excluding hydrogens is 180 g/mol. The lowest BCUT2D eigenvalue weighted by molar-refractivity contribution is -0.0549. The lowest BCUT2D eigenvalue weighted by Crippen LogP contribution is -2.59. The maximum Gasteiger partial charge on any atom is 0.0824 e. The second-order valence-electron chi connectivity index (χ2n) is 4.21. The molecule has 0 aliphatic carbocycles. The van der Waals surface area contributed by atoms with E-state index in [9.17, 15) is 0 Å². The fraction of sp³-hybridized carbons (Fsp3) is 1.00. The summed E-state index contributed by atoms with van der Waals surface area (Å²) in [5, 5.41) is 3.49. The van der Waals surface area contributed by atoms with Gasteiger partial charge in [0.15, 0.2) is 0 Å². The fourth-order valence-electron chi connectivity index (χ4n) is 2.08. The molecule has 0 spiro atoms. The summed E-state index contributed by atoms with van der Waals surface area (Å²) >= 11 is 0. The van der Waals surface area contributed by atoms with Crippen LogP contribution in [0.5, 0.6) is 0 Å². The molecule has 14 heavy (non-hydrogen) atoms. The van der Waals surface area contributed by atoms with Gasteiger partial charge < -0.3 is 14.8 Å². The van der Waals surface area contributed by atoms with Gasteiger partial charge in [0.2, 0.25) is 0 Å². The third-order valence-corrected chi connectivity index (χ3v) is 3.17. The molecule has 2 unspecified atom stereocenters. The van der Waals surface area contributed by atoms with Crippen LogP contribution in [0.1, 0.15) is 6.92 Å². The van der Waals surface area contributed by atoms with E-state index in [1.165, 1.54) is 0 Å². The van der Waals surface area contributed by atoms with Crippen molar-refractivity contribution in [3.8, 4) is 0 Å². The Morgan fingerprint density at radius 1 is 1.50 bits per heavy atom. The fourth-order valence-corrected chi connectivity index (χ4v) is 2.08. The van der Waals surface area contributed by atoms with E-state index in [4.69, 9.17) is 9.47 Å². The first-order valence-electron chi connectivity index (χ1n) is 5.39. The van der Waals surface area contributed by atoms with Gasteiger partial charge >= 0.3 is 0 Å². The summed E-state index contributed by atoms with van der Waals surface area (Å²) < 4.78 is 10.8. The van der Waals surface area contributed by atoms with E-state index in [-0.39, 0.29) is 0 Å². The molecule has 4 heteroatoms. The van der Waals surface area contributed by atoms with Crippen molar-refractivity contribution < 1.29 is 9.47 Å². The zero-order valence-corrected chi connectivity index (χ0v) is 9.03. The van der Waals surface area contributed by atoms with Gasteiger partial charge in [0, 0.05) is 39.3 Å². The number of likely N-dealkylation sites (tertiary alicyclic amines) is 1. The van der Waals surface area contributed by atoms with Gasteiger partial charge in [-0.25, -0.2) is 0 Å². The van der Waals surface area contributed by atoms with Crippen molar-refractivity contribution in [3.63, 3.8) is 0 Å². The Balaban J connectivity index is 1.69. The number of nitrogens with one attached hydrogen (secondary N) is 1. The van der Waals surface area contributed by atoms with Gasteiger partial charge in [0.1, 0.15) is 0 Å². The average molecular weight is 200 g/mol. The number of ether oxygens (including phenoxy) is 2. The maximum absolute atomic E-state index is 5.59. The van der Waals surface area contributed by atoms with Crippen LogP contribution in [0.4, 0.5) is 0 Å². The van der Waals surface area contributed by atoms with Gasteiger partial charge in [-0.05, 0) is 6.92 Å². The number of rotatable bonds is 3.